The van der Waals surface area contributed by atoms with Gasteiger partial charge in [0.05, 0.1) is 0 Å². The molecule has 0 heterocycles. The van der Waals surface area contributed by atoms with Gasteiger partial charge in [-0.05, 0) is 93.1 Å². The summed E-state index contributed by atoms with van der Waals surface area (Å²) in [6.45, 7) is 18.3. The summed E-state index contributed by atoms with van der Waals surface area (Å²) in [6.07, 6.45) is 0. The number of para-hydroxylation sites is 1. The number of hydrogen-bond donors (Lipinski definition) is 0. The average Bonchev–Trinajstić information content (AvgIpc) is 2.83. The maximum absolute atomic E-state index is 2.52. The number of fused-ring (bicyclic) bond motifs is 3. The lowest BCUT2D eigenvalue weighted by molar-refractivity contribution is 0.557. The summed E-state index contributed by atoms with van der Waals surface area (Å²) in [6, 6.07) is 20.5. The van der Waals surface area contributed by atoms with Crippen LogP contribution in [0.15, 0.2) is 54.6 Å². The Labute approximate surface area is 176 Å². The minimum atomic E-state index is -0.0305. The molecular weight excluding hydrogens is 350 g/mol. The zero-order valence-electron chi connectivity index (χ0n) is 19.1. The largest absolute Gasteiger partial charge is 0.336 e. The van der Waals surface area contributed by atoms with E-state index in [1.54, 1.807) is 0 Å². The molecular formula is C28H33N. The first-order valence-electron chi connectivity index (χ1n) is 10.6. The normalized spacial score (nSPS) is 14.5. The van der Waals surface area contributed by atoms with Crippen LogP contribution in [-0.4, -0.2) is 5.54 Å². The molecule has 0 saturated carbocycles. The summed E-state index contributed by atoms with van der Waals surface area (Å²) in [5.74, 6) is 0. The van der Waals surface area contributed by atoms with Gasteiger partial charge in [-0.1, -0.05) is 55.8 Å². The molecule has 3 aromatic carbocycles. The van der Waals surface area contributed by atoms with E-state index < -0.39 is 0 Å². The molecule has 0 unspecified atom stereocenters. The molecule has 3 aromatic rings. The van der Waals surface area contributed by atoms with Crippen molar-refractivity contribution in [2.75, 3.05) is 4.90 Å². The van der Waals surface area contributed by atoms with Gasteiger partial charge in [-0.3, -0.25) is 0 Å². The van der Waals surface area contributed by atoms with Crippen molar-refractivity contribution in [2.45, 2.75) is 66.3 Å². The van der Waals surface area contributed by atoms with Gasteiger partial charge in [0, 0.05) is 22.3 Å². The second-order valence-corrected chi connectivity index (χ2v) is 10.2. The van der Waals surface area contributed by atoms with E-state index in [4.69, 9.17) is 0 Å². The first-order valence-corrected chi connectivity index (χ1v) is 10.6. The fraction of sp³-hybridized carbons (Fsp3) is 0.357. The molecule has 1 aliphatic rings. The smallest absolute Gasteiger partial charge is 0.0449 e. The zero-order valence-corrected chi connectivity index (χ0v) is 19.1. The lowest BCUT2D eigenvalue weighted by atomic mass is 9.81. The lowest BCUT2D eigenvalue weighted by Gasteiger charge is -2.40. The Kier molecular flexibility index (Phi) is 4.42. The van der Waals surface area contributed by atoms with E-state index in [2.05, 4.69) is 115 Å². The molecule has 4 rings (SSSR count). The number of rotatable bonds is 2. The van der Waals surface area contributed by atoms with Crippen LogP contribution in [0.25, 0.3) is 11.1 Å². The van der Waals surface area contributed by atoms with Crippen LogP contribution >= 0.6 is 0 Å². The minimum Gasteiger partial charge on any atom is -0.336 e. The molecule has 0 atom stereocenters. The molecule has 150 valence electrons. The quantitative estimate of drug-likeness (QED) is 0.435. The van der Waals surface area contributed by atoms with Crippen LogP contribution in [0.5, 0.6) is 0 Å². The lowest BCUT2D eigenvalue weighted by Crippen LogP contribution is -2.38. The third-order valence-electron chi connectivity index (χ3n) is 6.42. The van der Waals surface area contributed by atoms with Gasteiger partial charge in [0.25, 0.3) is 0 Å². The van der Waals surface area contributed by atoms with Crippen molar-refractivity contribution in [3.8, 4) is 11.1 Å². The van der Waals surface area contributed by atoms with Crippen LogP contribution in [0, 0.1) is 20.8 Å². The predicted molar refractivity (Wildman–Crippen MR) is 127 cm³/mol. The van der Waals surface area contributed by atoms with E-state index in [9.17, 15) is 0 Å². The Balaban J connectivity index is 1.98. The monoisotopic (exact) mass is 383 g/mol. The van der Waals surface area contributed by atoms with Crippen molar-refractivity contribution in [1.82, 2.24) is 0 Å². The fourth-order valence-electron chi connectivity index (χ4n) is 4.92. The molecule has 0 N–H and O–H groups in total. The van der Waals surface area contributed by atoms with E-state index in [0.717, 1.165) is 0 Å². The molecule has 0 bridgehead atoms. The number of hydrogen-bond acceptors (Lipinski definition) is 1. The molecule has 29 heavy (non-hydrogen) atoms. The van der Waals surface area contributed by atoms with E-state index >= 15 is 0 Å². The SMILES string of the molecule is Cc1ccc2c(c1)-c1cc(C)c(N(c3ccccc3C)C(C)(C)C)cc1C2(C)C. The first-order chi connectivity index (χ1) is 13.5. The molecule has 1 heteroatoms. The summed E-state index contributed by atoms with van der Waals surface area (Å²) in [5.41, 5.74) is 12.2. The Morgan fingerprint density at radius 1 is 0.690 bits per heavy atom. The highest BCUT2D eigenvalue weighted by Gasteiger charge is 2.37. The molecule has 1 aliphatic carbocycles. The van der Waals surface area contributed by atoms with Gasteiger partial charge < -0.3 is 4.90 Å². The van der Waals surface area contributed by atoms with E-state index in [-0.39, 0.29) is 11.0 Å². The first kappa shape index (κ1) is 19.8. The van der Waals surface area contributed by atoms with E-state index in [0.29, 0.717) is 0 Å². The van der Waals surface area contributed by atoms with Crippen molar-refractivity contribution >= 4 is 11.4 Å². The van der Waals surface area contributed by atoms with E-state index in [1.807, 2.05) is 0 Å². The van der Waals surface area contributed by atoms with Gasteiger partial charge in [0.2, 0.25) is 0 Å². The van der Waals surface area contributed by atoms with Crippen LogP contribution in [0.2, 0.25) is 0 Å². The van der Waals surface area contributed by atoms with Crippen LogP contribution < -0.4 is 4.90 Å². The van der Waals surface area contributed by atoms with Gasteiger partial charge in [-0.25, -0.2) is 0 Å². The van der Waals surface area contributed by atoms with Crippen molar-refractivity contribution in [3.63, 3.8) is 0 Å². The Morgan fingerprint density at radius 2 is 1.34 bits per heavy atom. The number of anilines is 2. The molecule has 0 saturated heterocycles. The van der Waals surface area contributed by atoms with Gasteiger partial charge in [0.1, 0.15) is 0 Å². The molecule has 0 aromatic heterocycles. The topological polar surface area (TPSA) is 3.24 Å². The third-order valence-corrected chi connectivity index (χ3v) is 6.42. The van der Waals surface area contributed by atoms with Crippen LogP contribution in [0.1, 0.15) is 62.4 Å². The maximum Gasteiger partial charge on any atom is 0.0449 e. The van der Waals surface area contributed by atoms with Crippen molar-refractivity contribution < 1.29 is 0 Å². The fourth-order valence-corrected chi connectivity index (χ4v) is 4.92. The molecule has 0 radical (unpaired) electrons. The minimum absolute atomic E-state index is 0.0100. The standard InChI is InChI=1S/C28H33N/c1-18-13-14-23-21(15-18)22-16-20(3)26(17-24(22)28(23,7)8)29(27(4,5)6)25-12-10-9-11-19(25)2/h9-17H,1-8H3. The zero-order chi connectivity index (χ0) is 21.1. The van der Waals surface area contributed by atoms with Crippen molar-refractivity contribution in [2.24, 2.45) is 0 Å². The van der Waals surface area contributed by atoms with Crippen LogP contribution in [0.3, 0.4) is 0 Å². The highest BCUT2D eigenvalue weighted by molar-refractivity contribution is 5.85. The summed E-state index contributed by atoms with van der Waals surface area (Å²) in [5, 5.41) is 0. The van der Waals surface area contributed by atoms with E-state index in [1.165, 1.54) is 50.3 Å². The molecule has 0 spiro atoms. The summed E-state index contributed by atoms with van der Waals surface area (Å²) in [7, 11) is 0. The Morgan fingerprint density at radius 3 is 2.00 bits per heavy atom. The second kappa shape index (κ2) is 6.49. The number of nitrogens with zero attached hydrogens (tertiary/aromatic N) is 1. The van der Waals surface area contributed by atoms with Crippen molar-refractivity contribution in [1.29, 1.82) is 0 Å². The molecule has 0 aliphatic heterocycles. The van der Waals surface area contributed by atoms with Gasteiger partial charge >= 0.3 is 0 Å². The summed E-state index contributed by atoms with van der Waals surface area (Å²) < 4.78 is 0. The second-order valence-electron chi connectivity index (χ2n) is 10.2. The van der Waals surface area contributed by atoms with Gasteiger partial charge in [0.15, 0.2) is 0 Å². The van der Waals surface area contributed by atoms with Crippen molar-refractivity contribution in [3.05, 3.63) is 82.4 Å². The highest BCUT2D eigenvalue weighted by atomic mass is 15.2. The number of aryl methyl sites for hydroxylation is 3. The van der Waals surface area contributed by atoms with Crippen LogP contribution in [0.4, 0.5) is 11.4 Å². The third kappa shape index (κ3) is 3.08. The summed E-state index contributed by atoms with van der Waals surface area (Å²) >= 11 is 0. The predicted octanol–water partition coefficient (Wildman–Crippen LogP) is 7.85. The van der Waals surface area contributed by atoms with Crippen LogP contribution in [-0.2, 0) is 5.41 Å². The number of benzene rings is 3. The van der Waals surface area contributed by atoms with Gasteiger partial charge in [-0.2, -0.15) is 0 Å². The highest BCUT2D eigenvalue weighted by Crippen LogP contribution is 2.51. The summed E-state index contributed by atoms with van der Waals surface area (Å²) in [4.78, 5) is 2.52. The van der Waals surface area contributed by atoms with Gasteiger partial charge in [-0.15, -0.1) is 0 Å². The maximum atomic E-state index is 2.52. The molecule has 1 nitrogen and oxygen atoms in total. The Hall–Kier alpha value is -2.54. The average molecular weight is 384 g/mol. The Bertz CT molecular complexity index is 1100. The molecule has 0 fully saturated rings. The molecule has 0 amide bonds.